The van der Waals surface area contributed by atoms with E-state index >= 15 is 0 Å². The van der Waals surface area contributed by atoms with Crippen LogP contribution in [-0.2, 0) is 16.0 Å². The zero-order valence-corrected chi connectivity index (χ0v) is 13.0. The Morgan fingerprint density at radius 2 is 1.96 bits per heavy atom. The average molecular weight is 327 g/mol. The highest BCUT2D eigenvalue weighted by Crippen LogP contribution is 2.38. The van der Waals surface area contributed by atoms with Gasteiger partial charge in [0.15, 0.2) is 6.10 Å². The first-order valence-corrected chi connectivity index (χ1v) is 7.57. The Morgan fingerprint density at radius 3 is 2.62 bits per heavy atom. The fourth-order valence-corrected chi connectivity index (χ4v) is 2.74. The Morgan fingerprint density at radius 1 is 1.25 bits per heavy atom. The molecule has 0 spiro atoms. The molecule has 2 aromatic rings. The number of rotatable bonds is 4. The van der Waals surface area contributed by atoms with Gasteiger partial charge in [0.2, 0.25) is 0 Å². The molecule has 0 bridgehead atoms. The fraction of sp³-hybridized carbons (Fsp3) is 0.222. The largest absolute Gasteiger partial charge is 0.508 e. The molecular weight excluding hydrogens is 310 g/mol. The number of hydrogen-bond donors (Lipinski definition) is 2. The number of anilines is 1. The van der Waals surface area contributed by atoms with Crippen molar-refractivity contribution in [3.05, 3.63) is 54.1 Å². The molecule has 6 nitrogen and oxygen atoms in total. The predicted molar refractivity (Wildman–Crippen MR) is 87.3 cm³/mol. The summed E-state index contributed by atoms with van der Waals surface area (Å²) in [6.07, 6.45) is -0.527. The first-order valence-electron chi connectivity index (χ1n) is 7.57. The molecule has 0 fully saturated rings. The molecule has 0 saturated heterocycles. The number of benzene rings is 2. The number of fused-ring (bicyclic) bond motifs is 1. The van der Waals surface area contributed by atoms with E-state index in [-0.39, 0.29) is 5.75 Å². The van der Waals surface area contributed by atoms with Crippen LogP contribution in [0.5, 0.6) is 11.5 Å². The number of carboxylic acid groups (broad SMARTS) is 1. The van der Waals surface area contributed by atoms with Crippen LogP contribution in [-0.4, -0.2) is 34.2 Å². The van der Waals surface area contributed by atoms with Crippen molar-refractivity contribution in [2.75, 3.05) is 4.90 Å². The monoisotopic (exact) mass is 327 g/mol. The maximum Gasteiger partial charge on any atom is 0.326 e. The van der Waals surface area contributed by atoms with E-state index in [0.717, 1.165) is 5.56 Å². The molecule has 2 N–H and O–H groups in total. The molecule has 0 saturated carbocycles. The summed E-state index contributed by atoms with van der Waals surface area (Å²) >= 11 is 0. The van der Waals surface area contributed by atoms with Gasteiger partial charge in [-0.2, -0.15) is 0 Å². The van der Waals surface area contributed by atoms with Gasteiger partial charge in [-0.05, 0) is 24.6 Å². The number of nitrogens with zero attached hydrogens (tertiary/aromatic N) is 1. The van der Waals surface area contributed by atoms with E-state index < -0.39 is 24.0 Å². The minimum Gasteiger partial charge on any atom is -0.508 e. The second-order valence-corrected chi connectivity index (χ2v) is 5.67. The molecule has 0 aliphatic carbocycles. The summed E-state index contributed by atoms with van der Waals surface area (Å²) in [5.41, 5.74) is 1.25. The second-order valence-electron chi connectivity index (χ2n) is 5.67. The first-order chi connectivity index (χ1) is 11.5. The first kappa shape index (κ1) is 15.9. The number of carbonyl (C=O) groups excluding carboxylic acids is 1. The third kappa shape index (κ3) is 2.90. The van der Waals surface area contributed by atoms with Gasteiger partial charge in [-0.25, -0.2) is 4.79 Å². The Hall–Kier alpha value is -3.02. The highest BCUT2D eigenvalue weighted by atomic mass is 16.5. The summed E-state index contributed by atoms with van der Waals surface area (Å²) in [5.74, 6) is -1.23. The standard InChI is InChI=1S/C18H17NO5/c1-11(18(22)23)19-14-8-7-13(20)10-15(14)24-16(17(19)21)9-12-5-3-2-4-6-12/h2-8,10-11,16,20H,9H2,1H3,(H,22,23). The molecular formula is C18H17NO5. The van der Waals surface area contributed by atoms with E-state index in [4.69, 9.17) is 4.74 Å². The molecule has 2 unspecified atom stereocenters. The van der Waals surface area contributed by atoms with Gasteiger partial charge in [-0.1, -0.05) is 30.3 Å². The molecule has 1 amide bonds. The van der Waals surface area contributed by atoms with Crippen molar-refractivity contribution in [1.82, 2.24) is 0 Å². The summed E-state index contributed by atoms with van der Waals surface area (Å²) in [7, 11) is 0. The van der Waals surface area contributed by atoms with Crippen molar-refractivity contribution in [3.8, 4) is 11.5 Å². The highest BCUT2D eigenvalue weighted by Gasteiger charge is 2.39. The van der Waals surface area contributed by atoms with Gasteiger partial charge in [0.05, 0.1) is 5.69 Å². The quantitative estimate of drug-likeness (QED) is 0.899. The molecule has 0 radical (unpaired) electrons. The number of phenols is 1. The zero-order valence-electron chi connectivity index (χ0n) is 13.0. The number of phenolic OH excluding ortho intramolecular Hbond substituents is 1. The van der Waals surface area contributed by atoms with Crippen LogP contribution in [0.2, 0.25) is 0 Å². The van der Waals surface area contributed by atoms with E-state index in [0.29, 0.717) is 17.9 Å². The van der Waals surface area contributed by atoms with Gasteiger partial charge in [-0.3, -0.25) is 9.69 Å². The van der Waals surface area contributed by atoms with Crippen molar-refractivity contribution in [3.63, 3.8) is 0 Å². The molecule has 1 aliphatic heterocycles. The summed E-state index contributed by atoms with van der Waals surface area (Å²) in [6, 6.07) is 12.6. The average Bonchev–Trinajstić information content (AvgIpc) is 2.56. The smallest absolute Gasteiger partial charge is 0.326 e. The molecule has 6 heteroatoms. The van der Waals surface area contributed by atoms with E-state index in [1.807, 2.05) is 30.3 Å². The summed E-state index contributed by atoms with van der Waals surface area (Å²) < 4.78 is 5.74. The third-order valence-electron chi connectivity index (χ3n) is 3.99. The Bertz CT molecular complexity index is 774. The fourth-order valence-electron chi connectivity index (χ4n) is 2.74. The Labute approximate surface area is 138 Å². The van der Waals surface area contributed by atoms with Crippen LogP contribution in [0.3, 0.4) is 0 Å². The number of amides is 1. The maximum atomic E-state index is 12.8. The van der Waals surface area contributed by atoms with Crippen molar-refractivity contribution >= 4 is 17.6 Å². The normalized spacial score (nSPS) is 17.8. The summed E-state index contributed by atoms with van der Waals surface area (Å²) in [6.45, 7) is 1.45. The van der Waals surface area contributed by atoms with Crippen LogP contribution < -0.4 is 9.64 Å². The van der Waals surface area contributed by atoms with Gasteiger partial charge >= 0.3 is 5.97 Å². The molecule has 2 atom stereocenters. The topological polar surface area (TPSA) is 87.1 Å². The maximum absolute atomic E-state index is 12.8. The molecule has 0 aromatic heterocycles. The molecule has 2 aromatic carbocycles. The number of aromatic hydroxyl groups is 1. The number of carbonyl (C=O) groups is 2. The molecule has 3 rings (SSSR count). The number of ether oxygens (including phenoxy) is 1. The van der Waals surface area contributed by atoms with Crippen LogP contribution in [0.25, 0.3) is 0 Å². The van der Waals surface area contributed by atoms with Crippen LogP contribution in [0.4, 0.5) is 5.69 Å². The van der Waals surface area contributed by atoms with Crippen molar-refractivity contribution in [1.29, 1.82) is 0 Å². The van der Waals surface area contributed by atoms with Crippen LogP contribution in [0, 0.1) is 0 Å². The highest BCUT2D eigenvalue weighted by molar-refractivity contribution is 6.04. The lowest BCUT2D eigenvalue weighted by Gasteiger charge is -2.36. The molecule has 1 heterocycles. The van der Waals surface area contributed by atoms with Crippen molar-refractivity contribution in [2.24, 2.45) is 0 Å². The lowest BCUT2D eigenvalue weighted by atomic mass is 10.0. The summed E-state index contributed by atoms with van der Waals surface area (Å²) in [5, 5.41) is 19.0. The zero-order chi connectivity index (χ0) is 17.3. The summed E-state index contributed by atoms with van der Waals surface area (Å²) in [4.78, 5) is 25.4. The van der Waals surface area contributed by atoms with E-state index in [2.05, 4.69) is 0 Å². The van der Waals surface area contributed by atoms with Gasteiger partial charge in [0.25, 0.3) is 5.91 Å². The minimum atomic E-state index is -1.11. The number of carboxylic acids is 1. The van der Waals surface area contributed by atoms with E-state index in [9.17, 15) is 19.8 Å². The van der Waals surface area contributed by atoms with Crippen LogP contribution in [0.15, 0.2) is 48.5 Å². The second kappa shape index (κ2) is 6.23. The molecule has 124 valence electrons. The van der Waals surface area contributed by atoms with Crippen LogP contribution in [0.1, 0.15) is 12.5 Å². The van der Waals surface area contributed by atoms with Crippen molar-refractivity contribution in [2.45, 2.75) is 25.5 Å². The van der Waals surface area contributed by atoms with Gasteiger partial charge in [-0.15, -0.1) is 0 Å². The number of aliphatic carboxylic acids is 1. The third-order valence-corrected chi connectivity index (χ3v) is 3.99. The van der Waals surface area contributed by atoms with Crippen LogP contribution >= 0.6 is 0 Å². The van der Waals surface area contributed by atoms with E-state index in [1.165, 1.54) is 30.0 Å². The number of hydrogen-bond acceptors (Lipinski definition) is 4. The minimum absolute atomic E-state index is 0.00973. The van der Waals surface area contributed by atoms with E-state index in [1.54, 1.807) is 0 Å². The predicted octanol–water partition coefficient (Wildman–Crippen LogP) is 2.20. The van der Waals surface area contributed by atoms with Crippen molar-refractivity contribution < 1.29 is 24.5 Å². The lowest BCUT2D eigenvalue weighted by Crippen LogP contribution is -2.53. The Kier molecular flexibility index (Phi) is 4.12. The molecule has 24 heavy (non-hydrogen) atoms. The van der Waals surface area contributed by atoms with Gasteiger partial charge in [0.1, 0.15) is 17.5 Å². The lowest BCUT2D eigenvalue weighted by molar-refractivity contribution is -0.140. The Balaban J connectivity index is 1.99. The molecule has 1 aliphatic rings. The SMILES string of the molecule is CC(C(=O)O)N1C(=O)C(Cc2ccccc2)Oc2cc(O)ccc21. The van der Waals surface area contributed by atoms with Gasteiger partial charge in [0, 0.05) is 12.5 Å². The van der Waals surface area contributed by atoms with Gasteiger partial charge < -0.3 is 14.9 Å².